The van der Waals surface area contributed by atoms with Gasteiger partial charge in [0.1, 0.15) is 12.6 Å². The summed E-state index contributed by atoms with van der Waals surface area (Å²) in [5, 5.41) is 9.62. The van der Waals surface area contributed by atoms with Crippen molar-refractivity contribution in [2.24, 2.45) is 5.73 Å². The van der Waals surface area contributed by atoms with Gasteiger partial charge in [-0.1, -0.05) is 60.7 Å². The predicted octanol–water partition coefficient (Wildman–Crippen LogP) is 2.92. The second kappa shape index (κ2) is 10.8. The molecular formula is C24H30N3O5P. The number of likely N-dealkylation sites (tertiary alicyclic amines) is 1. The number of carboxylic acids is 1. The number of hydrogen-bond donors (Lipinski definition) is 2. The summed E-state index contributed by atoms with van der Waals surface area (Å²) >= 11 is 0. The summed E-state index contributed by atoms with van der Waals surface area (Å²) < 4.78 is 15.5. The summed E-state index contributed by atoms with van der Waals surface area (Å²) in [6.07, 6.45) is 1.05. The first-order valence-corrected chi connectivity index (χ1v) is 13.0. The van der Waals surface area contributed by atoms with E-state index in [2.05, 4.69) is 0 Å². The molecule has 0 aromatic heterocycles. The van der Waals surface area contributed by atoms with Gasteiger partial charge in [-0.15, -0.1) is 0 Å². The number of carbonyl (C=O) groups excluding carboxylic acids is 2. The van der Waals surface area contributed by atoms with E-state index in [4.69, 9.17) is 5.73 Å². The lowest BCUT2D eigenvalue weighted by Gasteiger charge is -2.35. The van der Waals surface area contributed by atoms with Crippen LogP contribution in [-0.2, 0) is 31.3 Å². The van der Waals surface area contributed by atoms with Crippen LogP contribution in [0, 0.1) is 0 Å². The van der Waals surface area contributed by atoms with E-state index in [1.165, 1.54) is 4.90 Å². The number of rotatable bonds is 9. The third kappa shape index (κ3) is 6.09. The zero-order valence-electron chi connectivity index (χ0n) is 18.7. The Bertz CT molecular complexity index is 983. The fourth-order valence-corrected chi connectivity index (χ4v) is 7.09. The Morgan fingerprint density at radius 2 is 1.58 bits per heavy atom. The van der Waals surface area contributed by atoms with Gasteiger partial charge >= 0.3 is 5.97 Å². The van der Waals surface area contributed by atoms with Crippen LogP contribution in [0.5, 0.6) is 0 Å². The number of nitrogens with two attached hydrogens (primary N) is 1. The maximum Gasteiger partial charge on any atom is 0.323 e. The minimum atomic E-state index is -3.58. The molecule has 0 bridgehead atoms. The monoisotopic (exact) mass is 471 g/mol. The van der Waals surface area contributed by atoms with E-state index in [0.717, 1.165) is 15.8 Å². The number of carbonyl (C=O) groups is 3. The lowest BCUT2D eigenvalue weighted by Crippen LogP contribution is -2.51. The molecule has 0 spiro atoms. The van der Waals surface area contributed by atoms with Gasteiger partial charge in [0, 0.05) is 18.9 Å². The highest BCUT2D eigenvalue weighted by Crippen LogP contribution is 2.56. The highest BCUT2D eigenvalue weighted by atomic mass is 31.2. The zero-order chi connectivity index (χ0) is 24.0. The average Bonchev–Trinajstić information content (AvgIpc) is 3.27. The molecule has 0 aliphatic carbocycles. The second-order valence-electron chi connectivity index (χ2n) is 8.40. The molecule has 176 valence electrons. The van der Waals surface area contributed by atoms with Crippen molar-refractivity contribution in [3.63, 3.8) is 0 Å². The first kappa shape index (κ1) is 24.7. The molecule has 0 radical (unpaired) electrons. The first-order valence-electron chi connectivity index (χ1n) is 11.0. The highest BCUT2D eigenvalue weighted by Gasteiger charge is 2.43. The van der Waals surface area contributed by atoms with Crippen molar-refractivity contribution < 1.29 is 24.1 Å². The Balaban J connectivity index is 2.01. The number of amides is 2. The van der Waals surface area contributed by atoms with E-state index >= 15 is 0 Å². The van der Waals surface area contributed by atoms with Crippen molar-refractivity contribution in [1.82, 2.24) is 9.57 Å². The van der Waals surface area contributed by atoms with Crippen molar-refractivity contribution in [2.75, 3.05) is 13.1 Å². The molecule has 3 N–H and O–H groups in total. The van der Waals surface area contributed by atoms with Crippen LogP contribution in [0.15, 0.2) is 60.7 Å². The van der Waals surface area contributed by atoms with Gasteiger partial charge in [0.05, 0.1) is 6.04 Å². The van der Waals surface area contributed by atoms with Gasteiger partial charge in [-0.05, 0) is 30.9 Å². The molecule has 1 aliphatic heterocycles. The van der Waals surface area contributed by atoms with Crippen molar-refractivity contribution in [3.8, 4) is 0 Å². The quantitative estimate of drug-likeness (QED) is 0.543. The lowest BCUT2D eigenvalue weighted by molar-refractivity contribution is -0.145. The molecule has 2 aromatic carbocycles. The summed E-state index contributed by atoms with van der Waals surface area (Å²) in [6.45, 7) is 1.21. The molecule has 2 amide bonds. The Labute approximate surface area is 193 Å². The fourth-order valence-electron chi connectivity index (χ4n) is 4.20. The van der Waals surface area contributed by atoms with Gasteiger partial charge in [0.15, 0.2) is 7.29 Å². The Morgan fingerprint density at radius 1 is 1.06 bits per heavy atom. The smallest absolute Gasteiger partial charge is 0.323 e. The molecule has 33 heavy (non-hydrogen) atoms. The van der Waals surface area contributed by atoms with E-state index in [0.29, 0.717) is 19.4 Å². The Kier molecular flexibility index (Phi) is 8.06. The van der Waals surface area contributed by atoms with Gasteiger partial charge in [0.2, 0.25) is 5.91 Å². The molecule has 1 saturated heterocycles. The van der Waals surface area contributed by atoms with Gasteiger partial charge in [0.25, 0.3) is 5.91 Å². The number of nitrogens with zero attached hydrogens (tertiary/aromatic N) is 2. The van der Waals surface area contributed by atoms with Crippen LogP contribution >= 0.6 is 7.29 Å². The van der Waals surface area contributed by atoms with Crippen LogP contribution < -0.4 is 5.73 Å². The van der Waals surface area contributed by atoms with Crippen molar-refractivity contribution in [2.45, 2.75) is 44.2 Å². The van der Waals surface area contributed by atoms with Gasteiger partial charge in [-0.25, -0.2) is 0 Å². The minimum absolute atomic E-state index is 0.0374. The van der Waals surface area contributed by atoms with Crippen LogP contribution in [0.2, 0.25) is 0 Å². The number of benzene rings is 2. The normalized spacial score (nSPS) is 16.9. The molecule has 1 aliphatic rings. The van der Waals surface area contributed by atoms with Gasteiger partial charge in [-0.2, -0.15) is 0 Å². The first-order chi connectivity index (χ1) is 15.7. The summed E-state index contributed by atoms with van der Waals surface area (Å²) in [5.74, 6) is -2.23. The van der Waals surface area contributed by atoms with E-state index in [9.17, 15) is 24.1 Å². The predicted molar refractivity (Wildman–Crippen MR) is 126 cm³/mol. The van der Waals surface area contributed by atoms with Crippen molar-refractivity contribution in [1.29, 1.82) is 0 Å². The number of aliphatic carboxylic acids is 1. The van der Waals surface area contributed by atoms with E-state index < -0.39 is 37.8 Å². The second-order valence-corrected chi connectivity index (χ2v) is 11.2. The number of hydrogen-bond acceptors (Lipinski definition) is 5. The van der Waals surface area contributed by atoms with Crippen LogP contribution in [0.25, 0.3) is 0 Å². The van der Waals surface area contributed by atoms with Crippen LogP contribution in [0.1, 0.15) is 30.9 Å². The molecule has 8 nitrogen and oxygen atoms in total. The third-order valence-corrected chi connectivity index (χ3v) is 8.67. The average molecular weight is 471 g/mol. The Morgan fingerprint density at radius 3 is 2.03 bits per heavy atom. The molecule has 1 fully saturated rings. The van der Waals surface area contributed by atoms with Gasteiger partial charge < -0.3 is 15.7 Å². The SMILES string of the molecule is C[C@H](N)C(=O)N1CCC[C@H]1C(=O)N(CC(=O)O)P(=O)(Cc1ccccc1)Cc1ccccc1. The Hall–Kier alpha value is -2.96. The van der Waals surface area contributed by atoms with Crippen LogP contribution in [0.4, 0.5) is 0 Å². The molecule has 0 saturated carbocycles. The molecule has 9 heteroatoms. The largest absolute Gasteiger partial charge is 0.480 e. The third-order valence-electron chi connectivity index (χ3n) is 5.73. The summed E-state index contributed by atoms with van der Waals surface area (Å²) in [4.78, 5) is 39.5. The van der Waals surface area contributed by atoms with E-state index in [1.807, 2.05) is 60.7 Å². The zero-order valence-corrected chi connectivity index (χ0v) is 19.6. The van der Waals surface area contributed by atoms with E-state index in [-0.39, 0.29) is 18.2 Å². The standard InChI is InChI=1S/C24H30N3O5P/c1-18(25)23(30)26-14-8-13-21(26)24(31)27(15-22(28)29)33(32,16-19-9-4-2-5-10-19)17-20-11-6-3-7-12-20/h2-7,9-12,18,21H,8,13-17,25H2,1H3,(H,28,29)/t18-,21-/m0/s1. The number of carboxylic acid groups (broad SMARTS) is 1. The van der Waals surface area contributed by atoms with Crippen LogP contribution in [0.3, 0.4) is 0 Å². The molecule has 2 aromatic rings. The summed E-state index contributed by atoms with van der Waals surface area (Å²) in [6, 6.07) is 16.5. The van der Waals surface area contributed by atoms with E-state index in [1.54, 1.807) is 6.92 Å². The topological polar surface area (TPSA) is 121 Å². The van der Waals surface area contributed by atoms with Gasteiger partial charge in [-0.3, -0.25) is 23.6 Å². The summed E-state index contributed by atoms with van der Waals surface area (Å²) in [5.41, 5.74) is 7.25. The maximum atomic E-state index is 14.5. The molecule has 3 rings (SSSR count). The minimum Gasteiger partial charge on any atom is -0.480 e. The fraction of sp³-hybridized carbons (Fsp3) is 0.375. The van der Waals surface area contributed by atoms with Crippen LogP contribution in [-0.4, -0.2) is 57.6 Å². The molecule has 2 atom stereocenters. The molecule has 1 heterocycles. The summed E-state index contributed by atoms with van der Waals surface area (Å²) in [7, 11) is -3.58. The van der Waals surface area contributed by atoms with Crippen molar-refractivity contribution in [3.05, 3.63) is 71.8 Å². The maximum absolute atomic E-state index is 14.5. The van der Waals surface area contributed by atoms with Crippen molar-refractivity contribution >= 4 is 25.1 Å². The molecule has 0 unspecified atom stereocenters. The highest BCUT2D eigenvalue weighted by molar-refractivity contribution is 7.60. The molecular weight excluding hydrogens is 441 g/mol. The lowest BCUT2D eigenvalue weighted by atomic mass is 10.2.